The zero-order valence-corrected chi connectivity index (χ0v) is 8.23. The standard InChI is InChI=1S/C13H12FN/c14-13(10-4-2-1-3-5-10)11-6-8-12(15)9-7-11/h1-9,13H,15H2. The second-order valence-corrected chi connectivity index (χ2v) is 3.44. The van der Waals surface area contributed by atoms with Gasteiger partial charge < -0.3 is 5.73 Å². The number of nitrogens with two attached hydrogens (primary N) is 1. The van der Waals surface area contributed by atoms with E-state index >= 15 is 0 Å². The minimum absolute atomic E-state index is 0.635. The third kappa shape index (κ3) is 2.15. The van der Waals surface area contributed by atoms with Gasteiger partial charge in [-0.2, -0.15) is 0 Å². The van der Waals surface area contributed by atoms with Crippen LogP contribution in [0.25, 0.3) is 0 Å². The van der Waals surface area contributed by atoms with Crippen molar-refractivity contribution in [1.29, 1.82) is 0 Å². The number of rotatable bonds is 2. The van der Waals surface area contributed by atoms with Crippen LogP contribution in [0.2, 0.25) is 0 Å². The SMILES string of the molecule is Nc1ccc(C(F)c2ccccc2)cc1. The van der Waals surface area contributed by atoms with Crippen molar-refractivity contribution >= 4 is 5.69 Å². The number of anilines is 1. The summed E-state index contributed by atoms with van der Waals surface area (Å²) >= 11 is 0. The van der Waals surface area contributed by atoms with E-state index in [1.165, 1.54) is 0 Å². The van der Waals surface area contributed by atoms with E-state index in [0.29, 0.717) is 16.8 Å². The van der Waals surface area contributed by atoms with E-state index in [4.69, 9.17) is 5.73 Å². The molecule has 1 atom stereocenters. The first kappa shape index (κ1) is 9.71. The molecule has 0 spiro atoms. The van der Waals surface area contributed by atoms with Crippen molar-refractivity contribution in [1.82, 2.24) is 0 Å². The van der Waals surface area contributed by atoms with E-state index < -0.39 is 6.17 Å². The highest BCUT2D eigenvalue weighted by Gasteiger charge is 2.11. The fourth-order valence-corrected chi connectivity index (χ4v) is 1.48. The molecule has 0 heterocycles. The van der Waals surface area contributed by atoms with Gasteiger partial charge >= 0.3 is 0 Å². The number of hydrogen-bond donors (Lipinski definition) is 1. The van der Waals surface area contributed by atoms with Gasteiger partial charge in [-0.15, -0.1) is 0 Å². The van der Waals surface area contributed by atoms with Crippen LogP contribution < -0.4 is 5.73 Å². The molecular formula is C13H12FN. The minimum atomic E-state index is -1.08. The molecule has 2 aromatic carbocycles. The maximum Gasteiger partial charge on any atom is 0.150 e. The monoisotopic (exact) mass is 201 g/mol. The molecule has 76 valence electrons. The van der Waals surface area contributed by atoms with E-state index in [-0.39, 0.29) is 0 Å². The van der Waals surface area contributed by atoms with Crippen LogP contribution in [0.15, 0.2) is 54.6 Å². The van der Waals surface area contributed by atoms with Crippen LogP contribution in [0.3, 0.4) is 0 Å². The molecule has 0 amide bonds. The number of alkyl halides is 1. The second-order valence-electron chi connectivity index (χ2n) is 3.44. The molecule has 1 nitrogen and oxygen atoms in total. The lowest BCUT2D eigenvalue weighted by Crippen LogP contribution is -1.94. The van der Waals surface area contributed by atoms with Crippen LogP contribution in [-0.2, 0) is 0 Å². The molecule has 0 aliphatic carbocycles. The van der Waals surface area contributed by atoms with Crippen LogP contribution in [0.4, 0.5) is 10.1 Å². The van der Waals surface area contributed by atoms with Gasteiger partial charge in [0, 0.05) is 5.69 Å². The molecule has 2 heteroatoms. The third-order valence-corrected chi connectivity index (χ3v) is 2.32. The Morgan fingerprint density at radius 3 is 1.93 bits per heavy atom. The van der Waals surface area contributed by atoms with Crippen LogP contribution in [0, 0.1) is 0 Å². The molecule has 1 unspecified atom stereocenters. The van der Waals surface area contributed by atoms with E-state index in [1.54, 1.807) is 36.4 Å². The van der Waals surface area contributed by atoms with Crippen molar-refractivity contribution in [2.75, 3.05) is 5.73 Å². The van der Waals surface area contributed by atoms with Gasteiger partial charge in [0.05, 0.1) is 0 Å². The third-order valence-electron chi connectivity index (χ3n) is 2.32. The predicted octanol–water partition coefficient (Wildman–Crippen LogP) is 3.33. The maximum absolute atomic E-state index is 14.0. The summed E-state index contributed by atoms with van der Waals surface area (Å²) < 4.78 is 14.0. The molecule has 0 radical (unpaired) electrons. The minimum Gasteiger partial charge on any atom is -0.399 e. The summed E-state index contributed by atoms with van der Waals surface area (Å²) in [4.78, 5) is 0. The summed E-state index contributed by atoms with van der Waals surface area (Å²) in [5.74, 6) is 0. The highest BCUT2D eigenvalue weighted by atomic mass is 19.1. The van der Waals surface area contributed by atoms with Gasteiger partial charge in [-0.3, -0.25) is 0 Å². The lowest BCUT2D eigenvalue weighted by atomic mass is 10.0. The molecular weight excluding hydrogens is 189 g/mol. The van der Waals surface area contributed by atoms with Gasteiger partial charge in [0.1, 0.15) is 0 Å². The molecule has 0 fully saturated rings. The predicted molar refractivity (Wildman–Crippen MR) is 60.2 cm³/mol. The number of halogens is 1. The van der Waals surface area contributed by atoms with Gasteiger partial charge in [-0.05, 0) is 23.3 Å². The largest absolute Gasteiger partial charge is 0.399 e. The van der Waals surface area contributed by atoms with Crippen LogP contribution in [0.1, 0.15) is 17.3 Å². The molecule has 0 bridgehead atoms. The van der Waals surface area contributed by atoms with Gasteiger partial charge in [0.15, 0.2) is 6.17 Å². The first-order chi connectivity index (χ1) is 7.27. The zero-order chi connectivity index (χ0) is 10.7. The van der Waals surface area contributed by atoms with E-state index in [1.807, 2.05) is 18.2 Å². The molecule has 2 aromatic rings. The molecule has 15 heavy (non-hydrogen) atoms. The molecule has 2 N–H and O–H groups in total. The Bertz CT molecular complexity index is 422. The highest BCUT2D eigenvalue weighted by Crippen LogP contribution is 2.26. The number of hydrogen-bond acceptors (Lipinski definition) is 1. The summed E-state index contributed by atoms with van der Waals surface area (Å²) in [5.41, 5.74) is 7.50. The average molecular weight is 201 g/mol. The molecule has 0 aromatic heterocycles. The van der Waals surface area contributed by atoms with E-state index in [0.717, 1.165) is 0 Å². The van der Waals surface area contributed by atoms with Crippen molar-refractivity contribution in [3.63, 3.8) is 0 Å². The smallest absolute Gasteiger partial charge is 0.150 e. The lowest BCUT2D eigenvalue weighted by molar-refractivity contribution is 0.402. The van der Waals surface area contributed by atoms with Gasteiger partial charge in [-0.25, -0.2) is 4.39 Å². The Morgan fingerprint density at radius 1 is 0.800 bits per heavy atom. The Labute approximate surface area is 88.4 Å². The summed E-state index contributed by atoms with van der Waals surface area (Å²) in [6.07, 6.45) is -1.08. The van der Waals surface area contributed by atoms with Crippen molar-refractivity contribution in [3.05, 3.63) is 65.7 Å². The summed E-state index contributed by atoms with van der Waals surface area (Å²) in [6, 6.07) is 16.0. The van der Waals surface area contributed by atoms with Crippen molar-refractivity contribution < 1.29 is 4.39 Å². The second kappa shape index (κ2) is 4.13. The molecule has 0 aliphatic rings. The highest BCUT2D eigenvalue weighted by molar-refractivity contribution is 5.41. The fraction of sp³-hybridized carbons (Fsp3) is 0.0769. The van der Waals surface area contributed by atoms with Crippen LogP contribution in [0.5, 0.6) is 0 Å². The Balaban J connectivity index is 2.29. The Kier molecular flexibility index (Phi) is 2.68. The topological polar surface area (TPSA) is 26.0 Å². The van der Waals surface area contributed by atoms with E-state index in [9.17, 15) is 4.39 Å². The normalized spacial score (nSPS) is 12.3. The molecule has 0 saturated carbocycles. The molecule has 0 saturated heterocycles. The fourth-order valence-electron chi connectivity index (χ4n) is 1.48. The van der Waals surface area contributed by atoms with Crippen molar-refractivity contribution in [2.24, 2.45) is 0 Å². The summed E-state index contributed by atoms with van der Waals surface area (Å²) in [7, 11) is 0. The van der Waals surface area contributed by atoms with Gasteiger partial charge in [-0.1, -0.05) is 42.5 Å². The Hall–Kier alpha value is -1.83. The maximum atomic E-state index is 14.0. The lowest BCUT2D eigenvalue weighted by Gasteiger charge is -2.08. The Morgan fingerprint density at radius 2 is 1.33 bits per heavy atom. The van der Waals surface area contributed by atoms with Crippen LogP contribution in [-0.4, -0.2) is 0 Å². The quantitative estimate of drug-likeness (QED) is 0.741. The van der Waals surface area contributed by atoms with E-state index in [2.05, 4.69) is 0 Å². The summed E-state index contributed by atoms with van der Waals surface area (Å²) in [5, 5.41) is 0. The van der Waals surface area contributed by atoms with Crippen molar-refractivity contribution in [2.45, 2.75) is 6.17 Å². The number of nitrogen functional groups attached to an aromatic ring is 1. The molecule has 0 aliphatic heterocycles. The van der Waals surface area contributed by atoms with Crippen LogP contribution >= 0.6 is 0 Å². The van der Waals surface area contributed by atoms with Gasteiger partial charge in [0.2, 0.25) is 0 Å². The first-order valence-electron chi connectivity index (χ1n) is 4.82. The summed E-state index contributed by atoms with van der Waals surface area (Å²) in [6.45, 7) is 0. The molecule has 2 rings (SSSR count). The number of benzene rings is 2. The van der Waals surface area contributed by atoms with Gasteiger partial charge in [0.25, 0.3) is 0 Å². The zero-order valence-electron chi connectivity index (χ0n) is 8.23. The van der Waals surface area contributed by atoms with Crippen molar-refractivity contribution in [3.8, 4) is 0 Å². The first-order valence-corrected chi connectivity index (χ1v) is 4.82. The average Bonchev–Trinajstić information content (AvgIpc) is 2.30.